The molecule has 2 aromatic heterocycles. The third-order valence-electron chi connectivity index (χ3n) is 4.33. The maximum atomic E-state index is 12.8. The van der Waals surface area contributed by atoms with Gasteiger partial charge in [0.15, 0.2) is 0 Å². The number of pyridine rings is 1. The normalized spacial score (nSPS) is 20.3. The number of aliphatic hydroxyl groups is 1. The number of ether oxygens (including phenoxy) is 1. The lowest BCUT2D eigenvalue weighted by molar-refractivity contribution is 0.0380. The number of β-amino-alcohol motifs (C(OH)–C–C–N with tert-alkyl or cyclic N) is 1. The molecule has 134 valence electrons. The Morgan fingerprint density at radius 2 is 2.28 bits per heavy atom. The zero-order chi connectivity index (χ0) is 18.0. The summed E-state index contributed by atoms with van der Waals surface area (Å²) in [6.07, 6.45) is 3.75. The first-order chi connectivity index (χ1) is 11.9. The second kappa shape index (κ2) is 6.79. The number of rotatable bonds is 5. The molecule has 3 heterocycles. The standard InChI is InChI=1S/C17H23N5O3/c1-4-25-15-13(6-5-8-18-15)16(23)21-9-7-17(24,11-21)14-10-22(12(2)3)20-19-14/h5-6,8,10,12,24H,4,7,9,11H2,1-3H3. The minimum Gasteiger partial charge on any atom is -0.477 e. The van der Waals surface area contributed by atoms with Gasteiger partial charge in [0.2, 0.25) is 5.88 Å². The van der Waals surface area contributed by atoms with Crippen molar-refractivity contribution in [2.75, 3.05) is 19.7 Å². The molecule has 0 saturated carbocycles. The van der Waals surface area contributed by atoms with E-state index in [1.807, 2.05) is 20.8 Å². The molecule has 8 heteroatoms. The summed E-state index contributed by atoms with van der Waals surface area (Å²) in [4.78, 5) is 18.6. The van der Waals surface area contributed by atoms with Gasteiger partial charge in [0.1, 0.15) is 16.9 Å². The molecule has 3 rings (SSSR count). The van der Waals surface area contributed by atoms with Crippen LogP contribution in [-0.2, 0) is 5.60 Å². The van der Waals surface area contributed by atoms with Crippen molar-refractivity contribution in [1.29, 1.82) is 0 Å². The van der Waals surface area contributed by atoms with E-state index < -0.39 is 5.60 Å². The average molecular weight is 345 g/mol. The molecular formula is C17H23N5O3. The van der Waals surface area contributed by atoms with Gasteiger partial charge in [-0.15, -0.1) is 5.10 Å². The number of carbonyl (C=O) groups is 1. The summed E-state index contributed by atoms with van der Waals surface area (Å²) >= 11 is 0. The summed E-state index contributed by atoms with van der Waals surface area (Å²) in [7, 11) is 0. The summed E-state index contributed by atoms with van der Waals surface area (Å²) in [5.41, 5.74) is -0.288. The van der Waals surface area contributed by atoms with Crippen LogP contribution in [0.2, 0.25) is 0 Å². The number of aromatic nitrogens is 4. The van der Waals surface area contributed by atoms with Crippen LogP contribution in [0, 0.1) is 0 Å². The zero-order valence-electron chi connectivity index (χ0n) is 14.7. The van der Waals surface area contributed by atoms with E-state index in [9.17, 15) is 9.90 Å². The first-order valence-corrected chi connectivity index (χ1v) is 8.46. The highest BCUT2D eigenvalue weighted by atomic mass is 16.5. The van der Waals surface area contributed by atoms with Gasteiger partial charge in [-0.3, -0.25) is 4.79 Å². The van der Waals surface area contributed by atoms with Crippen molar-refractivity contribution in [2.24, 2.45) is 0 Å². The lowest BCUT2D eigenvalue weighted by Gasteiger charge is -2.21. The Bertz CT molecular complexity index is 760. The molecule has 0 aliphatic carbocycles. The molecule has 0 aromatic carbocycles. The summed E-state index contributed by atoms with van der Waals surface area (Å²) in [6, 6.07) is 3.55. The Morgan fingerprint density at radius 3 is 2.96 bits per heavy atom. The van der Waals surface area contributed by atoms with Crippen molar-refractivity contribution in [3.63, 3.8) is 0 Å². The third-order valence-corrected chi connectivity index (χ3v) is 4.33. The number of amides is 1. The topological polar surface area (TPSA) is 93.4 Å². The van der Waals surface area contributed by atoms with E-state index in [1.54, 1.807) is 34.1 Å². The predicted molar refractivity (Wildman–Crippen MR) is 90.2 cm³/mol. The molecule has 1 atom stereocenters. The Balaban J connectivity index is 1.79. The van der Waals surface area contributed by atoms with Crippen molar-refractivity contribution < 1.29 is 14.6 Å². The molecule has 0 bridgehead atoms. The second-order valence-corrected chi connectivity index (χ2v) is 6.47. The van der Waals surface area contributed by atoms with Crippen LogP contribution in [0.1, 0.15) is 49.3 Å². The van der Waals surface area contributed by atoms with Gasteiger partial charge in [-0.1, -0.05) is 5.21 Å². The predicted octanol–water partition coefficient (Wildman–Crippen LogP) is 1.39. The van der Waals surface area contributed by atoms with E-state index in [4.69, 9.17) is 4.74 Å². The lowest BCUT2D eigenvalue weighted by Crippen LogP contribution is -2.35. The monoisotopic (exact) mass is 345 g/mol. The quantitative estimate of drug-likeness (QED) is 0.880. The fourth-order valence-electron chi connectivity index (χ4n) is 2.89. The Morgan fingerprint density at radius 1 is 1.48 bits per heavy atom. The van der Waals surface area contributed by atoms with E-state index in [0.717, 1.165) is 0 Å². The third kappa shape index (κ3) is 3.34. The van der Waals surface area contributed by atoms with Gasteiger partial charge in [0, 0.05) is 25.2 Å². The molecule has 1 amide bonds. The van der Waals surface area contributed by atoms with Crippen LogP contribution in [0.5, 0.6) is 5.88 Å². The van der Waals surface area contributed by atoms with Gasteiger partial charge in [-0.25, -0.2) is 9.67 Å². The fraction of sp³-hybridized carbons (Fsp3) is 0.529. The molecular weight excluding hydrogens is 322 g/mol. The molecule has 1 unspecified atom stereocenters. The highest BCUT2D eigenvalue weighted by Crippen LogP contribution is 2.32. The molecule has 1 fully saturated rings. The first kappa shape index (κ1) is 17.3. The molecule has 0 radical (unpaired) electrons. The number of hydrogen-bond acceptors (Lipinski definition) is 6. The maximum absolute atomic E-state index is 12.8. The van der Waals surface area contributed by atoms with Gasteiger partial charge < -0.3 is 14.7 Å². The number of carbonyl (C=O) groups excluding carboxylic acids is 1. The number of nitrogens with zero attached hydrogens (tertiary/aromatic N) is 5. The van der Waals surface area contributed by atoms with Crippen LogP contribution in [0.4, 0.5) is 0 Å². The first-order valence-electron chi connectivity index (χ1n) is 8.46. The molecule has 2 aromatic rings. The summed E-state index contributed by atoms with van der Waals surface area (Å²) in [5.74, 6) is 0.111. The van der Waals surface area contributed by atoms with E-state index in [2.05, 4.69) is 15.3 Å². The molecule has 1 saturated heterocycles. The zero-order valence-corrected chi connectivity index (χ0v) is 14.7. The smallest absolute Gasteiger partial charge is 0.259 e. The molecule has 0 spiro atoms. The van der Waals surface area contributed by atoms with E-state index in [1.165, 1.54) is 0 Å². The highest BCUT2D eigenvalue weighted by Gasteiger charge is 2.42. The van der Waals surface area contributed by atoms with Crippen LogP contribution < -0.4 is 4.74 Å². The van der Waals surface area contributed by atoms with Crippen LogP contribution >= 0.6 is 0 Å². The van der Waals surface area contributed by atoms with Crippen molar-refractivity contribution in [2.45, 2.75) is 38.8 Å². The van der Waals surface area contributed by atoms with Gasteiger partial charge >= 0.3 is 0 Å². The van der Waals surface area contributed by atoms with Crippen molar-refractivity contribution >= 4 is 5.91 Å². The molecule has 8 nitrogen and oxygen atoms in total. The largest absolute Gasteiger partial charge is 0.477 e. The van der Waals surface area contributed by atoms with Crippen LogP contribution in [0.25, 0.3) is 0 Å². The van der Waals surface area contributed by atoms with Crippen molar-refractivity contribution in [3.8, 4) is 5.88 Å². The molecule has 1 N–H and O–H groups in total. The van der Waals surface area contributed by atoms with E-state index >= 15 is 0 Å². The van der Waals surface area contributed by atoms with Crippen LogP contribution in [-0.4, -0.2) is 55.6 Å². The lowest BCUT2D eigenvalue weighted by atomic mass is 10.00. The Labute approximate surface area is 146 Å². The van der Waals surface area contributed by atoms with Crippen LogP contribution in [0.3, 0.4) is 0 Å². The average Bonchev–Trinajstić information content (AvgIpc) is 3.23. The molecule has 1 aliphatic rings. The maximum Gasteiger partial charge on any atom is 0.259 e. The van der Waals surface area contributed by atoms with E-state index in [0.29, 0.717) is 36.7 Å². The van der Waals surface area contributed by atoms with Gasteiger partial charge in [-0.2, -0.15) is 0 Å². The Hall–Kier alpha value is -2.48. The van der Waals surface area contributed by atoms with Crippen molar-refractivity contribution in [1.82, 2.24) is 24.9 Å². The number of likely N-dealkylation sites (tertiary alicyclic amines) is 1. The van der Waals surface area contributed by atoms with Crippen molar-refractivity contribution in [3.05, 3.63) is 35.8 Å². The van der Waals surface area contributed by atoms with Gasteiger partial charge in [0.25, 0.3) is 5.91 Å². The highest BCUT2D eigenvalue weighted by molar-refractivity contribution is 5.96. The second-order valence-electron chi connectivity index (χ2n) is 6.47. The fourth-order valence-corrected chi connectivity index (χ4v) is 2.89. The molecule has 1 aliphatic heterocycles. The minimum atomic E-state index is -1.18. The van der Waals surface area contributed by atoms with Gasteiger partial charge in [0.05, 0.1) is 19.3 Å². The SMILES string of the molecule is CCOc1ncccc1C(=O)N1CCC(O)(c2cn(C(C)C)nn2)C1. The van der Waals surface area contributed by atoms with Crippen LogP contribution in [0.15, 0.2) is 24.5 Å². The summed E-state index contributed by atoms with van der Waals surface area (Å²) in [5, 5.41) is 19.1. The molecule has 25 heavy (non-hydrogen) atoms. The minimum absolute atomic E-state index is 0.160. The summed E-state index contributed by atoms with van der Waals surface area (Å²) < 4.78 is 7.14. The summed E-state index contributed by atoms with van der Waals surface area (Å²) in [6.45, 7) is 6.86. The van der Waals surface area contributed by atoms with Gasteiger partial charge in [-0.05, 0) is 32.9 Å². The number of hydrogen-bond donors (Lipinski definition) is 1. The Kier molecular flexibility index (Phi) is 4.71. The van der Waals surface area contributed by atoms with E-state index in [-0.39, 0.29) is 18.5 Å².